The minimum atomic E-state index is -0.402. The third-order valence-corrected chi connectivity index (χ3v) is 3.64. The molecule has 0 saturated carbocycles. The zero-order valence-electron chi connectivity index (χ0n) is 12.5. The van der Waals surface area contributed by atoms with Gasteiger partial charge >= 0.3 is 6.09 Å². The highest BCUT2D eigenvalue weighted by molar-refractivity contribution is 5.68. The summed E-state index contributed by atoms with van der Waals surface area (Å²) >= 11 is 0. The average molecular weight is 269 g/mol. The molecule has 0 aromatic rings. The van der Waals surface area contributed by atoms with Crippen LogP contribution in [0.3, 0.4) is 0 Å². The van der Waals surface area contributed by atoms with Crippen LogP contribution in [0.25, 0.3) is 0 Å². The lowest BCUT2D eigenvalue weighted by Crippen LogP contribution is -2.56. The minimum Gasteiger partial charge on any atom is -0.444 e. The first-order valence-corrected chi connectivity index (χ1v) is 7.43. The van der Waals surface area contributed by atoms with Crippen molar-refractivity contribution < 1.29 is 9.53 Å². The van der Waals surface area contributed by atoms with Crippen LogP contribution in [0.1, 0.15) is 40.0 Å². The van der Waals surface area contributed by atoms with Crippen molar-refractivity contribution in [2.75, 3.05) is 39.3 Å². The summed E-state index contributed by atoms with van der Waals surface area (Å²) in [5.41, 5.74) is -0.402. The van der Waals surface area contributed by atoms with Gasteiger partial charge in [-0.25, -0.2) is 14.8 Å². The monoisotopic (exact) mass is 269 g/mol. The zero-order valence-corrected chi connectivity index (χ0v) is 12.5. The molecular formula is C14H27N3O2. The lowest BCUT2D eigenvalue weighted by molar-refractivity contribution is -0.0702. The number of amides is 1. The van der Waals surface area contributed by atoms with Crippen molar-refractivity contribution in [1.82, 2.24) is 14.9 Å². The van der Waals surface area contributed by atoms with E-state index in [1.165, 1.54) is 32.4 Å². The van der Waals surface area contributed by atoms with Crippen molar-refractivity contribution in [2.24, 2.45) is 0 Å². The highest BCUT2D eigenvalue weighted by Crippen LogP contribution is 2.15. The largest absolute Gasteiger partial charge is 0.444 e. The van der Waals surface area contributed by atoms with Gasteiger partial charge in [0, 0.05) is 39.3 Å². The van der Waals surface area contributed by atoms with Gasteiger partial charge in [-0.1, -0.05) is 6.42 Å². The number of ether oxygens (including phenoxy) is 1. The Morgan fingerprint density at radius 3 is 1.89 bits per heavy atom. The zero-order chi connectivity index (χ0) is 13.9. The number of nitrogens with zero attached hydrogens (tertiary/aromatic N) is 3. The maximum atomic E-state index is 12.0. The molecule has 1 amide bonds. The van der Waals surface area contributed by atoms with Crippen LogP contribution in [-0.4, -0.2) is 65.9 Å². The van der Waals surface area contributed by atoms with E-state index in [0.717, 1.165) is 26.2 Å². The molecule has 2 saturated heterocycles. The first kappa shape index (κ1) is 14.6. The van der Waals surface area contributed by atoms with Crippen LogP contribution in [0.15, 0.2) is 0 Å². The molecule has 5 heteroatoms. The molecular weight excluding hydrogens is 242 g/mol. The molecule has 2 heterocycles. The molecule has 0 aromatic heterocycles. The molecule has 0 radical (unpaired) electrons. The molecule has 0 N–H and O–H groups in total. The smallest absolute Gasteiger partial charge is 0.410 e. The van der Waals surface area contributed by atoms with Gasteiger partial charge in [-0.15, -0.1) is 0 Å². The lowest BCUT2D eigenvalue weighted by atomic mass is 10.1. The fourth-order valence-electron chi connectivity index (χ4n) is 2.65. The Balaban J connectivity index is 1.77. The van der Waals surface area contributed by atoms with E-state index < -0.39 is 5.60 Å². The molecule has 2 aliphatic rings. The standard InChI is InChI=1S/C14H27N3O2/c1-14(2,3)19-13(18)15-9-11-17(12-10-15)16-7-5-4-6-8-16/h4-12H2,1-3H3. The van der Waals surface area contributed by atoms with Gasteiger partial charge in [0.25, 0.3) is 0 Å². The Morgan fingerprint density at radius 2 is 1.37 bits per heavy atom. The van der Waals surface area contributed by atoms with Gasteiger partial charge in [0.2, 0.25) is 0 Å². The molecule has 0 aliphatic carbocycles. The van der Waals surface area contributed by atoms with Crippen LogP contribution in [0, 0.1) is 0 Å². The molecule has 110 valence electrons. The maximum Gasteiger partial charge on any atom is 0.410 e. The summed E-state index contributed by atoms with van der Waals surface area (Å²) in [5, 5.41) is 4.86. The number of rotatable bonds is 1. The minimum absolute atomic E-state index is 0.175. The Hall–Kier alpha value is -0.810. The summed E-state index contributed by atoms with van der Waals surface area (Å²) in [6.45, 7) is 11.5. The summed E-state index contributed by atoms with van der Waals surface area (Å²) in [5.74, 6) is 0. The third-order valence-electron chi connectivity index (χ3n) is 3.64. The summed E-state index contributed by atoms with van der Waals surface area (Å²) < 4.78 is 5.41. The second kappa shape index (κ2) is 6.09. The van der Waals surface area contributed by atoms with Crippen molar-refractivity contribution in [3.63, 3.8) is 0 Å². The molecule has 0 atom stereocenters. The SMILES string of the molecule is CC(C)(C)OC(=O)N1CCN(N2CCCCC2)CC1. The predicted molar refractivity (Wildman–Crippen MR) is 74.8 cm³/mol. The number of hydrogen-bond acceptors (Lipinski definition) is 4. The normalized spacial score (nSPS) is 23.4. The highest BCUT2D eigenvalue weighted by Gasteiger charge is 2.28. The highest BCUT2D eigenvalue weighted by atomic mass is 16.6. The number of piperidine rings is 1. The van der Waals surface area contributed by atoms with Gasteiger partial charge in [-0.3, -0.25) is 0 Å². The van der Waals surface area contributed by atoms with Crippen LogP contribution < -0.4 is 0 Å². The predicted octanol–water partition coefficient (Wildman–Crippen LogP) is 1.94. The molecule has 19 heavy (non-hydrogen) atoms. The van der Waals surface area contributed by atoms with Crippen LogP contribution in [-0.2, 0) is 4.74 Å². The number of hydrogen-bond donors (Lipinski definition) is 0. The lowest BCUT2D eigenvalue weighted by Gasteiger charge is -2.42. The molecule has 2 aliphatic heterocycles. The van der Waals surface area contributed by atoms with Crippen molar-refractivity contribution in [3.8, 4) is 0 Å². The first-order valence-electron chi connectivity index (χ1n) is 7.43. The second-order valence-electron chi connectivity index (χ2n) is 6.44. The van der Waals surface area contributed by atoms with Crippen LogP contribution in [0.4, 0.5) is 4.79 Å². The van der Waals surface area contributed by atoms with Crippen LogP contribution in [0.2, 0.25) is 0 Å². The second-order valence-corrected chi connectivity index (χ2v) is 6.44. The number of carbonyl (C=O) groups excluding carboxylic acids is 1. The fraction of sp³-hybridized carbons (Fsp3) is 0.929. The molecule has 0 bridgehead atoms. The summed E-state index contributed by atoms with van der Waals surface area (Å²) in [6, 6.07) is 0. The van der Waals surface area contributed by atoms with Gasteiger partial charge in [-0.2, -0.15) is 0 Å². The van der Waals surface area contributed by atoms with Crippen molar-refractivity contribution in [1.29, 1.82) is 0 Å². The van der Waals surface area contributed by atoms with E-state index in [-0.39, 0.29) is 6.09 Å². The van der Waals surface area contributed by atoms with E-state index in [9.17, 15) is 4.79 Å². The van der Waals surface area contributed by atoms with Gasteiger partial charge in [0.15, 0.2) is 0 Å². The molecule has 0 unspecified atom stereocenters. The van der Waals surface area contributed by atoms with Gasteiger partial charge in [0.05, 0.1) is 0 Å². The van der Waals surface area contributed by atoms with Crippen LogP contribution >= 0.6 is 0 Å². The van der Waals surface area contributed by atoms with E-state index in [1.807, 2.05) is 25.7 Å². The van der Waals surface area contributed by atoms with Crippen LogP contribution in [0.5, 0.6) is 0 Å². The van der Waals surface area contributed by atoms with Gasteiger partial charge < -0.3 is 9.64 Å². The van der Waals surface area contributed by atoms with E-state index in [4.69, 9.17) is 4.74 Å². The van der Waals surface area contributed by atoms with E-state index in [0.29, 0.717) is 0 Å². The van der Waals surface area contributed by atoms with E-state index >= 15 is 0 Å². The summed E-state index contributed by atoms with van der Waals surface area (Å²) in [4.78, 5) is 13.8. The molecule has 2 rings (SSSR count). The number of carbonyl (C=O) groups is 1. The first-order chi connectivity index (χ1) is 8.96. The fourth-order valence-corrected chi connectivity index (χ4v) is 2.65. The topological polar surface area (TPSA) is 36.0 Å². The van der Waals surface area contributed by atoms with Gasteiger partial charge in [-0.05, 0) is 33.6 Å². The molecule has 2 fully saturated rings. The maximum absolute atomic E-state index is 12.0. The summed E-state index contributed by atoms with van der Waals surface area (Å²) in [6.07, 6.45) is 3.78. The number of piperazine rings is 1. The Morgan fingerprint density at radius 1 is 0.842 bits per heavy atom. The molecule has 0 aromatic carbocycles. The summed E-state index contributed by atoms with van der Waals surface area (Å²) in [7, 11) is 0. The molecule has 0 spiro atoms. The Bertz CT molecular complexity index is 300. The third kappa shape index (κ3) is 4.35. The Labute approximate surface area is 116 Å². The van der Waals surface area contributed by atoms with Crippen molar-refractivity contribution in [2.45, 2.75) is 45.6 Å². The van der Waals surface area contributed by atoms with Crippen molar-refractivity contribution >= 4 is 6.09 Å². The van der Waals surface area contributed by atoms with Gasteiger partial charge in [0.1, 0.15) is 5.60 Å². The van der Waals surface area contributed by atoms with E-state index in [2.05, 4.69) is 10.0 Å². The quantitative estimate of drug-likeness (QED) is 0.729. The van der Waals surface area contributed by atoms with Crippen molar-refractivity contribution in [3.05, 3.63) is 0 Å². The van der Waals surface area contributed by atoms with E-state index in [1.54, 1.807) is 0 Å². The number of hydrazine groups is 1. The molecule has 5 nitrogen and oxygen atoms in total. The average Bonchev–Trinajstić information content (AvgIpc) is 2.38. The Kier molecular flexibility index (Phi) is 4.68.